The second-order valence-electron chi connectivity index (χ2n) is 5.06. The maximum atomic E-state index is 11.9. The SMILES string of the molecule is Cc1cc(C)n(CC(=O)NCc2nc3ccccc3[nH]2)n1. The summed E-state index contributed by atoms with van der Waals surface area (Å²) in [4.78, 5) is 19.6. The van der Waals surface area contributed by atoms with Crippen molar-refractivity contribution in [1.29, 1.82) is 0 Å². The number of carbonyl (C=O) groups is 1. The first-order valence-electron chi connectivity index (χ1n) is 6.83. The van der Waals surface area contributed by atoms with Gasteiger partial charge in [-0.2, -0.15) is 5.10 Å². The van der Waals surface area contributed by atoms with Gasteiger partial charge in [-0.05, 0) is 32.0 Å². The van der Waals surface area contributed by atoms with Gasteiger partial charge in [0.25, 0.3) is 0 Å². The summed E-state index contributed by atoms with van der Waals surface area (Å²) in [6.07, 6.45) is 0. The average Bonchev–Trinajstić information content (AvgIpc) is 2.99. The second-order valence-corrected chi connectivity index (χ2v) is 5.06. The highest BCUT2D eigenvalue weighted by atomic mass is 16.2. The second kappa shape index (κ2) is 5.40. The Balaban J connectivity index is 1.61. The molecule has 0 radical (unpaired) electrons. The molecule has 108 valence electrons. The van der Waals surface area contributed by atoms with E-state index in [2.05, 4.69) is 20.4 Å². The molecule has 1 amide bonds. The Bertz CT molecular complexity index is 753. The zero-order valence-electron chi connectivity index (χ0n) is 12.1. The average molecular weight is 283 g/mol. The number of para-hydroxylation sites is 2. The lowest BCUT2D eigenvalue weighted by Gasteiger charge is -2.05. The number of rotatable bonds is 4. The van der Waals surface area contributed by atoms with Crippen LogP contribution >= 0.6 is 0 Å². The topological polar surface area (TPSA) is 75.6 Å². The van der Waals surface area contributed by atoms with Gasteiger partial charge in [0.15, 0.2) is 0 Å². The lowest BCUT2D eigenvalue weighted by molar-refractivity contribution is -0.122. The van der Waals surface area contributed by atoms with Crippen LogP contribution < -0.4 is 5.32 Å². The molecule has 0 saturated heterocycles. The maximum absolute atomic E-state index is 11.9. The summed E-state index contributed by atoms with van der Waals surface area (Å²) >= 11 is 0. The highest BCUT2D eigenvalue weighted by Crippen LogP contribution is 2.09. The number of aryl methyl sites for hydroxylation is 2. The lowest BCUT2D eigenvalue weighted by Crippen LogP contribution is -2.28. The number of carbonyl (C=O) groups excluding carboxylic acids is 1. The van der Waals surface area contributed by atoms with E-state index in [9.17, 15) is 4.79 Å². The molecule has 2 N–H and O–H groups in total. The number of hydrogen-bond acceptors (Lipinski definition) is 3. The Kier molecular flexibility index (Phi) is 3.43. The highest BCUT2D eigenvalue weighted by Gasteiger charge is 2.08. The number of hydrogen-bond donors (Lipinski definition) is 2. The van der Waals surface area contributed by atoms with Crippen LogP contribution in [0, 0.1) is 13.8 Å². The molecule has 0 spiro atoms. The van der Waals surface area contributed by atoms with Crippen LogP contribution in [0.4, 0.5) is 0 Å². The number of aromatic amines is 1. The third kappa shape index (κ3) is 2.94. The highest BCUT2D eigenvalue weighted by molar-refractivity contribution is 5.76. The number of nitrogens with one attached hydrogen (secondary N) is 2. The van der Waals surface area contributed by atoms with Gasteiger partial charge in [0.05, 0.1) is 23.3 Å². The molecule has 2 heterocycles. The standard InChI is InChI=1S/C15H17N5O/c1-10-7-11(2)20(19-10)9-15(21)16-8-14-17-12-5-3-4-6-13(12)18-14/h3-7H,8-9H2,1-2H3,(H,16,21)(H,17,18). The van der Waals surface area contributed by atoms with Crippen molar-refractivity contribution in [2.75, 3.05) is 0 Å². The Morgan fingerprint density at radius 1 is 1.33 bits per heavy atom. The van der Waals surface area contributed by atoms with Crippen LogP contribution in [0.5, 0.6) is 0 Å². The molecule has 1 aromatic carbocycles. The molecule has 0 bridgehead atoms. The number of nitrogens with zero attached hydrogens (tertiary/aromatic N) is 3. The maximum Gasteiger partial charge on any atom is 0.242 e. The van der Waals surface area contributed by atoms with E-state index in [0.717, 1.165) is 28.2 Å². The summed E-state index contributed by atoms with van der Waals surface area (Å²) < 4.78 is 1.70. The van der Waals surface area contributed by atoms with Crippen molar-refractivity contribution >= 4 is 16.9 Å². The minimum Gasteiger partial charge on any atom is -0.347 e. The van der Waals surface area contributed by atoms with E-state index in [-0.39, 0.29) is 12.5 Å². The van der Waals surface area contributed by atoms with E-state index in [1.165, 1.54) is 0 Å². The molecule has 0 saturated carbocycles. The van der Waals surface area contributed by atoms with Crippen LogP contribution in [-0.4, -0.2) is 25.7 Å². The molecule has 6 nitrogen and oxygen atoms in total. The summed E-state index contributed by atoms with van der Waals surface area (Å²) in [5.74, 6) is 0.666. The van der Waals surface area contributed by atoms with Gasteiger partial charge in [-0.3, -0.25) is 9.48 Å². The molecule has 0 unspecified atom stereocenters. The van der Waals surface area contributed by atoms with Crippen molar-refractivity contribution < 1.29 is 4.79 Å². The van der Waals surface area contributed by atoms with Crippen molar-refractivity contribution in [3.8, 4) is 0 Å². The quantitative estimate of drug-likeness (QED) is 0.765. The van der Waals surface area contributed by atoms with Crippen LogP contribution in [0.15, 0.2) is 30.3 Å². The van der Waals surface area contributed by atoms with E-state index >= 15 is 0 Å². The summed E-state index contributed by atoms with van der Waals surface area (Å²) in [6.45, 7) is 4.45. The molecule has 0 aliphatic heterocycles. The number of H-pyrrole nitrogens is 1. The van der Waals surface area contributed by atoms with Crippen molar-refractivity contribution in [1.82, 2.24) is 25.1 Å². The van der Waals surface area contributed by atoms with Gasteiger partial charge in [0.1, 0.15) is 12.4 Å². The van der Waals surface area contributed by atoms with Crippen LogP contribution in [-0.2, 0) is 17.9 Å². The van der Waals surface area contributed by atoms with Gasteiger partial charge >= 0.3 is 0 Å². The number of benzene rings is 1. The summed E-state index contributed by atoms with van der Waals surface area (Å²) in [7, 11) is 0. The fourth-order valence-corrected chi connectivity index (χ4v) is 2.30. The number of aromatic nitrogens is 4. The van der Waals surface area contributed by atoms with Crippen LogP contribution in [0.2, 0.25) is 0 Å². The zero-order chi connectivity index (χ0) is 14.8. The van der Waals surface area contributed by atoms with Gasteiger partial charge < -0.3 is 10.3 Å². The first-order valence-corrected chi connectivity index (χ1v) is 6.83. The minimum atomic E-state index is -0.0818. The smallest absolute Gasteiger partial charge is 0.242 e. The zero-order valence-corrected chi connectivity index (χ0v) is 12.1. The lowest BCUT2D eigenvalue weighted by atomic mass is 10.3. The molecular weight excluding hydrogens is 266 g/mol. The first kappa shape index (κ1) is 13.4. The van der Waals surface area contributed by atoms with Crippen LogP contribution in [0.1, 0.15) is 17.2 Å². The molecule has 0 aliphatic rings. The largest absolute Gasteiger partial charge is 0.347 e. The Morgan fingerprint density at radius 3 is 2.86 bits per heavy atom. The van der Waals surface area contributed by atoms with E-state index in [0.29, 0.717) is 6.54 Å². The summed E-state index contributed by atoms with van der Waals surface area (Å²) in [6, 6.07) is 9.74. The van der Waals surface area contributed by atoms with Crippen LogP contribution in [0.3, 0.4) is 0 Å². The number of fused-ring (bicyclic) bond motifs is 1. The van der Waals surface area contributed by atoms with Crippen LogP contribution in [0.25, 0.3) is 11.0 Å². The van der Waals surface area contributed by atoms with E-state index in [4.69, 9.17) is 0 Å². The van der Waals surface area contributed by atoms with Crippen molar-refractivity contribution in [3.63, 3.8) is 0 Å². The first-order chi connectivity index (χ1) is 10.1. The molecular formula is C15H17N5O. The predicted octanol–water partition coefficient (Wildman–Crippen LogP) is 1.69. The molecule has 6 heteroatoms. The molecule has 0 aliphatic carbocycles. The molecule has 0 atom stereocenters. The molecule has 0 fully saturated rings. The Morgan fingerprint density at radius 2 is 2.14 bits per heavy atom. The summed E-state index contributed by atoms with van der Waals surface area (Å²) in [5.41, 5.74) is 3.77. The monoisotopic (exact) mass is 283 g/mol. The van der Waals surface area contributed by atoms with Crippen molar-refractivity contribution in [3.05, 3.63) is 47.5 Å². The van der Waals surface area contributed by atoms with Gasteiger partial charge in [0.2, 0.25) is 5.91 Å². The molecule has 3 aromatic rings. The fraction of sp³-hybridized carbons (Fsp3) is 0.267. The number of imidazole rings is 1. The molecule has 2 aromatic heterocycles. The van der Waals surface area contributed by atoms with Crippen molar-refractivity contribution in [2.24, 2.45) is 0 Å². The summed E-state index contributed by atoms with van der Waals surface area (Å²) in [5, 5.41) is 7.12. The normalized spacial score (nSPS) is 11.0. The Labute approximate surface area is 122 Å². The van der Waals surface area contributed by atoms with Gasteiger partial charge in [0, 0.05) is 5.69 Å². The van der Waals surface area contributed by atoms with Gasteiger partial charge in [-0.1, -0.05) is 12.1 Å². The minimum absolute atomic E-state index is 0.0818. The third-order valence-electron chi connectivity index (χ3n) is 3.29. The van der Waals surface area contributed by atoms with Gasteiger partial charge in [-0.25, -0.2) is 4.98 Å². The predicted molar refractivity (Wildman–Crippen MR) is 79.6 cm³/mol. The molecule has 21 heavy (non-hydrogen) atoms. The molecule has 3 rings (SSSR count). The third-order valence-corrected chi connectivity index (χ3v) is 3.29. The van der Waals surface area contributed by atoms with Gasteiger partial charge in [-0.15, -0.1) is 0 Å². The van der Waals surface area contributed by atoms with E-state index < -0.39 is 0 Å². The van der Waals surface area contributed by atoms with E-state index in [1.54, 1.807) is 4.68 Å². The van der Waals surface area contributed by atoms with Crippen molar-refractivity contribution in [2.45, 2.75) is 26.9 Å². The van der Waals surface area contributed by atoms with E-state index in [1.807, 2.05) is 44.2 Å². The fourth-order valence-electron chi connectivity index (χ4n) is 2.30. The number of amides is 1. The Hall–Kier alpha value is -2.63.